The molecule has 1 aromatic carbocycles. The number of carbonyl (C=O) groups is 1. The van der Waals surface area contributed by atoms with E-state index in [2.05, 4.69) is 16.5 Å². The van der Waals surface area contributed by atoms with E-state index in [-0.39, 0.29) is 38.6 Å². The summed E-state index contributed by atoms with van der Waals surface area (Å²) in [6.45, 7) is 4.01. The molecule has 1 heterocycles. The molecule has 89 valence electrons. The van der Waals surface area contributed by atoms with Gasteiger partial charge in [-0.15, -0.1) is 6.07 Å². The van der Waals surface area contributed by atoms with Crippen molar-refractivity contribution >= 4 is 11.6 Å². The Morgan fingerprint density at radius 2 is 2.00 bits per heavy atom. The van der Waals surface area contributed by atoms with Crippen LogP contribution in [0.4, 0.5) is 5.69 Å². The minimum absolute atomic E-state index is 0. The van der Waals surface area contributed by atoms with Crippen molar-refractivity contribution < 1.29 is 37.5 Å². The minimum atomic E-state index is -0.124. The largest absolute Gasteiger partial charge is 0.392 e. The van der Waals surface area contributed by atoms with E-state index in [0.29, 0.717) is 11.3 Å². The van der Waals surface area contributed by atoms with Crippen LogP contribution in [-0.4, -0.2) is 10.9 Å². The van der Waals surface area contributed by atoms with Crippen molar-refractivity contribution in [2.75, 3.05) is 5.32 Å². The number of nitrogens with one attached hydrogen (secondary N) is 1. The zero-order valence-electron chi connectivity index (χ0n) is 10.4. The molecule has 18 heavy (non-hydrogen) atoms. The fourth-order valence-electron chi connectivity index (χ4n) is 1.48. The number of amides is 1. The summed E-state index contributed by atoms with van der Waals surface area (Å²) >= 11 is 0. The predicted molar refractivity (Wildman–Crippen MR) is 66.9 cm³/mol. The number of aryl methyl sites for hydroxylation is 2. The van der Waals surface area contributed by atoms with Crippen LogP contribution in [0.3, 0.4) is 0 Å². The van der Waals surface area contributed by atoms with Gasteiger partial charge in [0, 0.05) is 38.3 Å². The maximum Gasteiger partial charge on any atom is 0.253 e. The first kappa shape index (κ1) is 15.0. The van der Waals surface area contributed by atoms with Crippen LogP contribution in [0.25, 0.3) is 0 Å². The molecule has 2 aromatic rings. The van der Waals surface area contributed by atoms with Gasteiger partial charge in [0.25, 0.3) is 5.91 Å². The molecule has 0 spiro atoms. The maximum absolute atomic E-state index is 11.9. The molecule has 1 aromatic heterocycles. The summed E-state index contributed by atoms with van der Waals surface area (Å²) in [7, 11) is 0. The second kappa shape index (κ2) is 6.76. The second-order valence-corrected chi connectivity index (χ2v) is 3.93. The zero-order valence-corrected chi connectivity index (χ0v) is 13.2. The van der Waals surface area contributed by atoms with E-state index in [9.17, 15) is 4.79 Å². The summed E-state index contributed by atoms with van der Waals surface area (Å²) in [4.78, 5) is 15.8. The molecule has 0 fully saturated rings. The Bertz CT molecular complexity index is 541. The van der Waals surface area contributed by atoms with Gasteiger partial charge in [-0.2, -0.15) is 6.07 Å². The number of benzene rings is 1. The molecule has 0 atom stereocenters. The van der Waals surface area contributed by atoms with Gasteiger partial charge in [-0.3, -0.25) is 4.79 Å². The van der Waals surface area contributed by atoms with E-state index in [1.807, 2.05) is 32.0 Å². The average molecular weight is 314 g/mol. The van der Waals surface area contributed by atoms with Gasteiger partial charge in [0.2, 0.25) is 0 Å². The first-order chi connectivity index (χ1) is 8.16. The number of pyridine rings is 1. The molecule has 0 bridgehead atoms. The molecule has 0 aliphatic carbocycles. The molecular formula is C14H13N2OY-. The minimum Gasteiger partial charge on any atom is -0.392 e. The summed E-state index contributed by atoms with van der Waals surface area (Å²) in [6.07, 6.45) is 4.23. The number of hydrogen-bond acceptors (Lipinski definition) is 2. The van der Waals surface area contributed by atoms with Gasteiger partial charge >= 0.3 is 0 Å². The number of nitrogens with zero attached hydrogens (tertiary/aromatic N) is 1. The first-order valence-electron chi connectivity index (χ1n) is 5.37. The molecule has 0 aliphatic rings. The molecule has 0 unspecified atom stereocenters. The van der Waals surface area contributed by atoms with Gasteiger partial charge in [-0.25, -0.2) is 0 Å². The Balaban J connectivity index is 0.00000162. The number of hydrogen-bond donors (Lipinski definition) is 1. The van der Waals surface area contributed by atoms with Crippen LogP contribution in [0.2, 0.25) is 0 Å². The number of carbonyl (C=O) groups excluding carboxylic acids is 1. The summed E-state index contributed by atoms with van der Waals surface area (Å²) in [5.74, 6) is -0.124. The SMILES string of the molecule is Cc1ccc(C(=O)Nc2cc[c-]nc2)cc1C.[Y]. The van der Waals surface area contributed by atoms with Crippen molar-refractivity contribution in [2.24, 2.45) is 0 Å². The average Bonchev–Trinajstić information content (AvgIpc) is 2.34. The molecule has 0 saturated heterocycles. The van der Waals surface area contributed by atoms with Crippen LogP contribution in [0.1, 0.15) is 21.5 Å². The Hall–Kier alpha value is -1.06. The van der Waals surface area contributed by atoms with Crippen LogP contribution >= 0.6 is 0 Å². The normalized spacial score (nSPS) is 9.44. The smallest absolute Gasteiger partial charge is 0.253 e. The Morgan fingerprint density at radius 1 is 1.22 bits per heavy atom. The van der Waals surface area contributed by atoms with E-state index in [1.54, 1.807) is 18.3 Å². The molecule has 1 amide bonds. The number of aromatic nitrogens is 1. The van der Waals surface area contributed by atoms with Crippen molar-refractivity contribution in [3.05, 3.63) is 59.4 Å². The third kappa shape index (κ3) is 3.72. The maximum atomic E-state index is 11.9. The van der Waals surface area contributed by atoms with Crippen molar-refractivity contribution in [2.45, 2.75) is 13.8 Å². The molecule has 1 N–H and O–H groups in total. The molecule has 2 rings (SSSR count). The van der Waals surface area contributed by atoms with Crippen LogP contribution in [0.15, 0.2) is 36.5 Å². The van der Waals surface area contributed by atoms with E-state index in [4.69, 9.17) is 0 Å². The van der Waals surface area contributed by atoms with Crippen LogP contribution < -0.4 is 5.32 Å². The van der Waals surface area contributed by atoms with Crippen molar-refractivity contribution in [3.8, 4) is 0 Å². The second-order valence-electron chi connectivity index (χ2n) is 3.93. The van der Waals surface area contributed by atoms with Gasteiger partial charge in [0.05, 0.1) is 0 Å². The zero-order chi connectivity index (χ0) is 12.3. The third-order valence-corrected chi connectivity index (χ3v) is 2.64. The molecular weight excluding hydrogens is 301 g/mol. The van der Waals surface area contributed by atoms with E-state index in [1.165, 1.54) is 5.56 Å². The summed E-state index contributed by atoms with van der Waals surface area (Å²) in [5, 5.41) is 2.78. The van der Waals surface area contributed by atoms with E-state index >= 15 is 0 Å². The van der Waals surface area contributed by atoms with Gasteiger partial charge in [0.1, 0.15) is 0 Å². The Morgan fingerprint density at radius 3 is 2.61 bits per heavy atom. The summed E-state index contributed by atoms with van der Waals surface area (Å²) < 4.78 is 0. The fraction of sp³-hybridized carbons (Fsp3) is 0.143. The number of anilines is 1. The standard InChI is InChI=1S/C14H13N2O.Y/c1-10-5-6-12(8-11(10)2)14(17)16-13-4-3-7-15-9-13;/h3-6,8-9H,1-2H3,(H,16,17);/q-1;. The van der Waals surface area contributed by atoms with Crippen LogP contribution in [-0.2, 0) is 32.7 Å². The summed E-state index contributed by atoms with van der Waals surface area (Å²) in [5.41, 5.74) is 3.61. The third-order valence-electron chi connectivity index (χ3n) is 2.64. The van der Waals surface area contributed by atoms with Crippen LogP contribution in [0, 0.1) is 20.0 Å². The summed E-state index contributed by atoms with van der Waals surface area (Å²) in [6, 6.07) is 9.07. The van der Waals surface area contributed by atoms with E-state index < -0.39 is 0 Å². The Labute approximate surface area is 132 Å². The van der Waals surface area contributed by atoms with Gasteiger partial charge in [-0.05, 0) is 37.1 Å². The van der Waals surface area contributed by atoms with Gasteiger partial charge < -0.3 is 10.3 Å². The van der Waals surface area contributed by atoms with Crippen molar-refractivity contribution in [1.29, 1.82) is 0 Å². The van der Waals surface area contributed by atoms with Gasteiger partial charge in [-0.1, -0.05) is 24.1 Å². The van der Waals surface area contributed by atoms with Gasteiger partial charge in [0.15, 0.2) is 0 Å². The molecule has 3 nitrogen and oxygen atoms in total. The van der Waals surface area contributed by atoms with Crippen molar-refractivity contribution in [3.63, 3.8) is 0 Å². The first-order valence-corrected chi connectivity index (χ1v) is 5.37. The van der Waals surface area contributed by atoms with Crippen molar-refractivity contribution in [1.82, 2.24) is 4.98 Å². The Kier molecular flexibility index (Phi) is 5.64. The molecule has 0 aliphatic heterocycles. The quantitative estimate of drug-likeness (QED) is 0.866. The molecule has 1 radical (unpaired) electrons. The van der Waals surface area contributed by atoms with E-state index in [0.717, 1.165) is 5.56 Å². The number of rotatable bonds is 2. The fourth-order valence-corrected chi connectivity index (χ4v) is 1.48. The topological polar surface area (TPSA) is 42.0 Å². The van der Waals surface area contributed by atoms with Crippen LogP contribution in [0.5, 0.6) is 0 Å². The monoisotopic (exact) mass is 314 g/mol. The predicted octanol–water partition coefficient (Wildman–Crippen LogP) is 2.75. The molecule has 4 heteroatoms. The molecule has 0 saturated carbocycles.